The standard InChI is InChI=1S/C28H37ClN6O5S/c1-31-28(36)33-8-12-38-14-15-39-13-9-34-41(37)23-4-2-22(3-5-23)40-27-25-17-21(29)16-20(19-30)24(25)18-26(27)35-10-6-32-7-11-35/h2-5,16-17,26-27,32,34H,6-15,18H2,1H3,(H2,31,33,36)/t26-,27-,41?/m0/s1. The van der Waals surface area contributed by atoms with Gasteiger partial charge in [-0.1, -0.05) is 11.6 Å². The third-order valence-electron chi connectivity index (χ3n) is 6.97. The lowest BCUT2D eigenvalue weighted by Crippen LogP contribution is -2.50. The Morgan fingerprint density at radius 3 is 2.54 bits per heavy atom. The molecular weight excluding hydrogens is 568 g/mol. The maximum Gasteiger partial charge on any atom is 0.314 e. The Labute approximate surface area is 249 Å². The molecule has 4 rings (SSSR count). The number of amides is 2. The molecule has 1 aliphatic carbocycles. The van der Waals surface area contributed by atoms with Crippen LogP contribution in [0.1, 0.15) is 22.8 Å². The molecule has 41 heavy (non-hydrogen) atoms. The van der Waals surface area contributed by atoms with E-state index in [1.165, 1.54) is 0 Å². The summed E-state index contributed by atoms with van der Waals surface area (Å²) in [6.45, 7) is 6.07. The van der Waals surface area contributed by atoms with Crippen LogP contribution in [0.3, 0.4) is 0 Å². The molecule has 0 bridgehead atoms. The Kier molecular flexibility index (Phi) is 12.3. The van der Waals surface area contributed by atoms with E-state index in [-0.39, 0.29) is 18.2 Å². The number of fused-ring (bicyclic) bond motifs is 1. The lowest BCUT2D eigenvalue weighted by Gasteiger charge is -2.36. The average molecular weight is 605 g/mol. The minimum atomic E-state index is -1.40. The Hall–Kier alpha value is -2.60. The van der Waals surface area contributed by atoms with Crippen LogP contribution < -0.4 is 25.4 Å². The van der Waals surface area contributed by atoms with E-state index < -0.39 is 11.4 Å². The van der Waals surface area contributed by atoms with Gasteiger partial charge in [0, 0.05) is 44.8 Å². The number of carbonyl (C=O) groups excluding carboxylic acids is 1. The summed E-state index contributed by atoms with van der Waals surface area (Å²) in [4.78, 5) is 14.1. The number of nitrogens with zero attached hydrogens (tertiary/aromatic N) is 2. The van der Waals surface area contributed by atoms with Gasteiger partial charge in [0.05, 0.1) is 62.0 Å². The molecule has 0 saturated carbocycles. The van der Waals surface area contributed by atoms with Gasteiger partial charge in [0.25, 0.3) is 0 Å². The number of hydrogen-bond acceptors (Lipinski definition) is 9. The van der Waals surface area contributed by atoms with Crippen LogP contribution in [0.2, 0.25) is 5.02 Å². The van der Waals surface area contributed by atoms with E-state index in [1.807, 2.05) is 18.2 Å². The van der Waals surface area contributed by atoms with E-state index in [4.69, 9.17) is 25.8 Å². The summed E-state index contributed by atoms with van der Waals surface area (Å²) in [6.07, 6.45) is 0.464. The number of nitrogens with one attached hydrogen (secondary N) is 4. The van der Waals surface area contributed by atoms with E-state index in [1.54, 1.807) is 25.2 Å². The summed E-state index contributed by atoms with van der Waals surface area (Å²) >= 11 is 4.97. The molecule has 1 unspecified atom stereocenters. The van der Waals surface area contributed by atoms with Crippen LogP contribution >= 0.6 is 11.6 Å². The fourth-order valence-corrected chi connectivity index (χ4v) is 6.01. The fourth-order valence-electron chi connectivity index (χ4n) is 4.96. The largest absolute Gasteiger partial charge is 0.593 e. The SMILES string of the molecule is CNC(=O)NCCOCCOCCN[S+]([O-])c1ccc(O[C@H]2c3cc(Cl)cc(C#N)c3C[C@@H]2N2CCNCC2)cc1. The van der Waals surface area contributed by atoms with Crippen molar-refractivity contribution < 1.29 is 23.6 Å². The van der Waals surface area contributed by atoms with Gasteiger partial charge in [-0.25, -0.2) is 4.79 Å². The van der Waals surface area contributed by atoms with Gasteiger partial charge in [0.1, 0.15) is 11.9 Å². The molecule has 0 radical (unpaired) electrons. The van der Waals surface area contributed by atoms with Crippen molar-refractivity contribution in [1.29, 1.82) is 5.26 Å². The van der Waals surface area contributed by atoms with Crippen LogP contribution in [0.25, 0.3) is 0 Å². The summed E-state index contributed by atoms with van der Waals surface area (Å²) in [5.41, 5.74) is 2.55. The average Bonchev–Trinajstić information content (AvgIpc) is 3.35. The van der Waals surface area contributed by atoms with Crippen molar-refractivity contribution in [2.24, 2.45) is 0 Å². The molecule has 11 nitrogen and oxygen atoms in total. The molecule has 222 valence electrons. The van der Waals surface area contributed by atoms with Crippen LogP contribution in [-0.2, 0) is 27.3 Å². The summed E-state index contributed by atoms with van der Waals surface area (Å²) in [5.74, 6) is 0.663. The number of urea groups is 1. The number of benzene rings is 2. The van der Waals surface area contributed by atoms with Crippen molar-refractivity contribution in [2.45, 2.75) is 23.5 Å². The number of nitriles is 1. The molecule has 0 spiro atoms. The lowest BCUT2D eigenvalue weighted by molar-refractivity contribution is 0.0516. The van der Waals surface area contributed by atoms with E-state index >= 15 is 0 Å². The van der Waals surface area contributed by atoms with Crippen LogP contribution in [0.4, 0.5) is 4.79 Å². The normalized spacial score (nSPS) is 19.3. The second-order valence-electron chi connectivity index (χ2n) is 9.59. The topological polar surface area (TPSA) is 143 Å². The van der Waals surface area contributed by atoms with Crippen molar-refractivity contribution in [1.82, 2.24) is 25.6 Å². The minimum Gasteiger partial charge on any atom is -0.593 e. The molecule has 1 fully saturated rings. The number of carbonyl (C=O) groups is 1. The van der Waals surface area contributed by atoms with Gasteiger partial charge >= 0.3 is 6.03 Å². The van der Waals surface area contributed by atoms with Gasteiger partial charge in [0.2, 0.25) is 0 Å². The van der Waals surface area contributed by atoms with Gasteiger partial charge < -0.3 is 34.7 Å². The number of piperazine rings is 1. The molecule has 2 aliphatic rings. The zero-order chi connectivity index (χ0) is 29.0. The number of ether oxygens (including phenoxy) is 3. The molecule has 3 atom stereocenters. The minimum absolute atomic E-state index is 0.0952. The second-order valence-corrected chi connectivity index (χ2v) is 11.3. The van der Waals surface area contributed by atoms with Crippen LogP contribution in [0.15, 0.2) is 41.3 Å². The second kappa shape index (κ2) is 16.1. The molecule has 4 N–H and O–H groups in total. The highest BCUT2D eigenvalue weighted by atomic mass is 35.5. The van der Waals surface area contributed by atoms with Gasteiger partial charge in [-0.15, -0.1) is 4.72 Å². The highest BCUT2D eigenvalue weighted by molar-refractivity contribution is 7.89. The summed E-state index contributed by atoms with van der Waals surface area (Å²) in [6, 6.07) is 13.0. The smallest absolute Gasteiger partial charge is 0.314 e. The van der Waals surface area contributed by atoms with Crippen molar-refractivity contribution >= 4 is 29.0 Å². The van der Waals surface area contributed by atoms with Gasteiger partial charge in [-0.2, -0.15) is 5.26 Å². The van der Waals surface area contributed by atoms with Crippen molar-refractivity contribution in [3.05, 3.63) is 58.1 Å². The molecule has 1 aliphatic heterocycles. The third kappa shape index (κ3) is 8.94. The fraction of sp³-hybridized carbons (Fsp3) is 0.500. The Balaban J connectivity index is 1.25. The lowest BCUT2D eigenvalue weighted by atomic mass is 10.0. The van der Waals surface area contributed by atoms with E-state index in [9.17, 15) is 14.6 Å². The quantitative estimate of drug-likeness (QED) is 0.187. The van der Waals surface area contributed by atoms with Crippen LogP contribution in [0, 0.1) is 11.3 Å². The van der Waals surface area contributed by atoms with Crippen molar-refractivity contribution in [3.8, 4) is 11.8 Å². The highest BCUT2D eigenvalue weighted by Crippen LogP contribution is 2.41. The van der Waals surface area contributed by atoms with Crippen LogP contribution in [0.5, 0.6) is 5.75 Å². The van der Waals surface area contributed by atoms with Crippen molar-refractivity contribution in [3.63, 3.8) is 0 Å². The van der Waals surface area contributed by atoms with E-state index in [0.717, 1.165) is 43.7 Å². The maximum atomic E-state index is 12.7. The predicted molar refractivity (Wildman–Crippen MR) is 156 cm³/mol. The molecule has 13 heteroatoms. The first-order valence-corrected chi connectivity index (χ1v) is 15.2. The maximum absolute atomic E-state index is 12.7. The monoisotopic (exact) mass is 604 g/mol. The van der Waals surface area contributed by atoms with E-state index in [2.05, 4.69) is 31.6 Å². The summed E-state index contributed by atoms with van der Waals surface area (Å²) < 4.78 is 33.1. The molecule has 0 aromatic heterocycles. The molecule has 1 heterocycles. The summed E-state index contributed by atoms with van der Waals surface area (Å²) in [5, 5.41) is 18.7. The zero-order valence-corrected chi connectivity index (χ0v) is 24.7. The number of rotatable bonds is 14. The summed E-state index contributed by atoms with van der Waals surface area (Å²) in [7, 11) is 1.55. The van der Waals surface area contributed by atoms with Crippen molar-refractivity contribution in [2.75, 3.05) is 72.7 Å². The molecule has 1 saturated heterocycles. The first-order chi connectivity index (χ1) is 20.0. The number of halogens is 1. The first kappa shape index (κ1) is 31.3. The zero-order valence-electron chi connectivity index (χ0n) is 23.1. The van der Waals surface area contributed by atoms with Gasteiger partial charge in [0.15, 0.2) is 4.90 Å². The van der Waals surface area contributed by atoms with Gasteiger partial charge in [-0.3, -0.25) is 4.90 Å². The first-order valence-electron chi connectivity index (χ1n) is 13.7. The molecular formula is C28H37ClN6O5S. The predicted octanol–water partition coefficient (Wildman–Crippen LogP) is 1.74. The Morgan fingerprint density at radius 2 is 1.85 bits per heavy atom. The van der Waals surface area contributed by atoms with Crippen LogP contribution in [-0.4, -0.2) is 94.3 Å². The van der Waals surface area contributed by atoms with E-state index in [0.29, 0.717) is 60.7 Å². The Bertz CT molecular complexity index is 1180. The molecule has 2 amide bonds. The molecule has 2 aromatic rings. The number of hydrogen-bond donors (Lipinski definition) is 4. The third-order valence-corrected chi connectivity index (χ3v) is 8.36. The Morgan fingerprint density at radius 1 is 1.15 bits per heavy atom. The highest BCUT2D eigenvalue weighted by Gasteiger charge is 2.40. The van der Waals surface area contributed by atoms with Gasteiger partial charge in [-0.05, 0) is 53.9 Å². The molecule has 2 aromatic carbocycles.